The first kappa shape index (κ1) is 17.7. The molecule has 3 rings (SSSR count). The topological polar surface area (TPSA) is 94.9 Å². The molecule has 1 aromatic carbocycles. The van der Waals surface area contributed by atoms with E-state index in [1.54, 1.807) is 29.5 Å². The molecule has 136 valence electrons. The van der Waals surface area contributed by atoms with Crippen molar-refractivity contribution in [1.29, 1.82) is 0 Å². The Morgan fingerprint density at radius 2 is 1.96 bits per heavy atom. The highest BCUT2D eigenvalue weighted by Gasteiger charge is 2.23. The van der Waals surface area contributed by atoms with Crippen molar-refractivity contribution in [3.63, 3.8) is 0 Å². The Balaban J connectivity index is 1.75. The summed E-state index contributed by atoms with van der Waals surface area (Å²) in [6.07, 6.45) is 3.15. The normalized spacial score (nSPS) is 12.5. The van der Waals surface area contributed by atoms with Crippen molar-refractivity contribution in [2.75, 3.05) is 7.05 Å². The van der Waals surface area contributed by atoms with Crippen LogP contribution in [0.2, 0.25) is 0 Å². The zero-order valence-electron chi connectivity index (χ0n) is 15.2. The first-order chi connectivity index (χ1) is 12.4. The largest absolute Gasteiger partial charge is 0.312 e. The van der Waals surface area contributed by atoms with Gasteiger partial charge in [-0.2, -0.15) is 10.2 Å². The van der Waals surface area contributed by atoms with E-state index in [9.17, 15) is 10.1 Å². The molecule has 9 nitrogen and oxygen atoms in total. The quantitative estimate of drug-likeness (QED) is 0.498. The molecule has 0 saturated heterocycles. The SMILES string of the molecule is Cc1nn(CN(C)[C@@H](C)c2ccc(-n3cncn3)cc2)c(C)c1[N+](=O)[O-]. The fourth-order valence-electron chi connectivity index (χ4n) is 2.92. The third-order valence-electron chi connectivity index (χ3n) is 4.60. The molecule has 0 aliphatic carbocycles. The highest BCUT2D eigenvalue weighted by atomic mass is 16.6. The number of benzene rings is 1. The summed E-state index contributed by atoms with van der Waals surface area (Å²) in [7, 11) is 1.97. The van der Waals surface area contributed by atoms with Crippen LogP contribution in [0, 0.1) is 24.0 Å². The summed E-state index contributed by atoms with van der Waals surface area (Å²) >= 11 is 0. The zero-order valence-corrected chi connectivity index (χ0v) is 15.2. The van der Waals surface area contributed by atoms with Crippen molar-refractivity contribution in [1.82, 2.24) is 29.4 Å². The van der Waals surface area contributed by atoms with Gasteiger partial charge in [0.05, 0.1) is 17.3 Å². The Hall–Kier alpha value is -3.07. The molecule has 0 aliphatic heterocycles. The third kappa shape index (κ3) is 3.33. The molecule has 0 unspecified atom stereocenters. The second kappa shape index (κ2) is 7.04. The maximum absolute atomic E-state index is 11.2. The zero-order chi connectivity index (χ0) is 18.8. The average molecular weight is 355 g/mol. The van der Waals surface area contributed by atoms with Gasteiger partial charge in [0.1, 0.15) is 24.0 Å². The minimum Gasteiger partial charge on any atom is -0.281 e. The number of nitrogens with zero attached hydrogens (tertiary/aromatic N) is 7. The molecule has 2 aromatic heterocycles. The number of hydrogen-bond donors (Lipinski definition) is 0. The van der Waals surface area contributed by atoms with Crippen LogP contribution in [0.5, 0.6) is 0 Å². The molecule has 0 saturated carbocycles. The fourth-order valence-corrected chi connectivity index (χ4v) is 2.92. The average Bonchev–Trinajstić information content (AvgIpc) is 3.23. The molecule has 2 heterocycles. The second-order valence-corrected chi connectivity index (χ2v) is 6.28. The summed E-state index contributed by atoms with van der Waals surface area (Å²) in [5.41, 5.74) is 3.16. The van der Waals surface area contributed by atoms with Crippen molar-refractivity contribution >= 4 is 5.69 Å². The molecular weight excluding hydrogens is 334 g/mol. The van der Waals surface area contributed by atoms with Gasteiger partial charge in [-0.15, -0.1) is 0 Å². The first-order valence-electron chi connectivity index (χ1n) is 8.22. The van der Waals surface area contributed by atoms with Crippen LogP contribution in [-0.2, 0) is 6.67 Å². The fraction of sp³-hybridized carbons (Fsp3) is 0.353. The van der Waals surface area contributed by atoms with Gasteiger partial charge in [0.25, 0.3) is 0 Å². The smallest absolute Gasteiger partial charge is 0.281 e. The molecule has 9 heteroatoms. The standard InChI is InChI=1S/C17H21N7O2/c1-12-17(24(25)26)14(3)23(20-12)11-21(4)13(2)15-5-7-16(8-6-15)22-10-18-9-19-22/h5-10,13H,11H2,1-4H3/t13-/m0/s1. The van der Waals surface area contributed by atoms with Crippen LogP contribution in [0.1, 0.15) is 29.9 Å². The van der Waals surface area contributed by atoms with E-state index in [0.29, 0.717) is 18.1 Å². The van der Waals surface area contributed by atoms with Crippen molar-refractivity contribution in [2.24, 2.45) is 0 Å². The Kier molecular flexibility index (Phi) is 4.81. The molecule has 26 heavy (non-hydrogen) atoms. The van der Waals surface area contributed by atoms with Gasteiger partial charge in [0, 0.05) is 6.04 Å². The van der Waals surface area contributed by atoms with Crippen molar-refractivity contribution < 1.29 is 4.92 Å². The number of rotatable bonds is 6. The van der Waals surface area contributed by atoms with Crippen molar-refractivity contribution in [3.8, 4) is 5.69 Å². The summed E-state index contributed by atoms with van der Waals surface area (Å²) in [6.45, 7) is 5.94. The maximum Gasteiger partial charge on any atom is 0.312 e. The third-order valence-corrected chi connectivity index (χ3v) is 4.60. The number of nitro groups is 1. The Morgan fingerprint density at radius 1 is 1.27 bits per heavy atom. The van der Waals surface area contributed by atoms with Crippen molar-refractivity contribution in [2.45, 2.75) is 33.5 Å². The van der Waals surface area contributed by atoms with E-state index >= 15 is 0 Å². The molecule has 0 fully saturated rings. The van der Waals surface area contributed by atoms with Crippen LogP contribution in [-0.4, -0.2) is 41.4 Å². The summed E-state index contributed by atoms with van der Waals surface area (Å²) in [6, 6.07) is 8.18. The van der Waals surface area contributed by atoms with Gasteiger partial charge < -0.3 is 0 Å². The number of aryl methyl sites for hydroxylation is 1. The predicted octanol–water partition coefficient (Wildman–Crippen LogP) is 2.64. The van der Waals surface area contributed by atoms with Crippen molar-refractivity contribution in [3.05, 3.63) is 64.0 Å². The van der Waals surface area contributed by atoms with Gasteiger partial charge in [-0.1, -0.05) is 12.1 Å². The number of aromatic nitrogens is 5. The van der Waals surface area contributed by atoms with Gasteiger partial charge in [-0.25, -0.2) is 14.3 Å². The molecule has 1 atom stereocenters. The van der Waals surface area contributed by atoms with Crippen LogP contribution < -0.4 is 0 Å². The van der Waals surface area contributed by atoms with E-state index in [1.165, 1.54) is 6.33 Å². The minimum absolute atomic E-state index is 0.0863. The Morgan fingerprint density at radius 3 is 2.50 bits per heavy atom. The van der Waals surface area contributed by atoms with Crippen LogP contribution in [0.4, 0.5) is 5.69 Å². The van der Waals surface area contributed by atoms with Gasteiger partial charge in [-0.05, 0) is 45.5 Å². The summed E-state index contributed by atoms with van der Waals surface area (Å²) in [5, 5.41) is 19.6. The highest BCUT2D eigenvalue weighted by molar-refractivity contribution is 5.39. The molecular formula is C17H21N7O2. The summed E-state index contributed by atoms with van der Waals surface area (Å²) < 4.78 is 3.38. The molecule has 0 radical (unpaired) electrons. The molecule has 0 bridgehead atoms. The molecule has 0 N–H and O–H groups in total. The first-order valence-corrected chi connectivity index (χ1v) is 8.22. The van der Waals surface area contributed by atoms with Crippen LogP contribution in [0.15, 0.2) is 36.9 Å². The lowest BCUT2D eigenvalue weighted by molar-refractivity contribution is -0.386. The lowest BCUT2D eigenvalue weighted by Crippen LogP contribution is -2.26. The predicted molar refractivity (Wildman–Crippen MR) is 95.9 cm³/mol. The Labute approximate surface area is 151 Å². The minimum atomic E-state index is -0.375. The van der Waals surface area contributed by atoms with Crippen LogP contribution >= 0.6 is 0 Å². The number of hydrogen-bond acceptors (Lipinski definition) is 6. The lowest BCUT2D eigenvalue weighted by atomic mass is 10.1. The monoisotopic (exact) mass is 355 g/mol. The lowest BCUT2D eigenvalue weighted by Gasteiger charge is -2.25. The van der Waals surface area contributed by atoms with Gasteiger partial charge in [0.2, 0.25) is 0 Å². The molecule has 0 aliphatic rings. The molecule has 0 amide bonds. The highest BCUT2D eigenvalue weighted by Crippen LogP contribution is 2.24. The van der Waals surface area contributed by atoms with Gasteiger partial charge in [-0.3, -0.25) is 15.0 Å². The Bertz CT molecular complexity index is 900. The molecule has 3 aromatic rings. The van der Waals surface area contributed by atoms with E-state index in [4.69, 9.17) is 0 Å². The van der Waals surface area contributed by atoms with Gasteiger partial charge >= 0.3 is 5.69 Å². The van der Waals surface area contributed by atoms with Crippen LogP contribution in [0.25, 0.3) is 5.69 Å². The summed E-state index contributed by atoms with van der Waals surface area (Å²) in [5.74, 6) is 0. The van der Waals surface area contributed by atoms with E-state index < -0.39 is 0 Å². The van der Waals surface area contributed by atoms with Crippen LogP contribution in [0.3, 0.4) is 0 Å². The summed E-state index contributed by atoms with van der Waals surface area (Å²) in [4.78, 5) is 16.8. The van der Waals surface area contributed by atoms with E-state index in [2.05, 4.69) is 27.0 Å². The molecule has 0 spiro atoms. The van der Waals surface area contributed by atoms with E-state index in [1.807, 2.05) is 31.3 Å². The van der Waals surface area contributed by atoms with Gasteiger partial charge in [0.15, 0.2) is 0 Å². The van der Waals surface area contributed by atoms with E-state index in [0.717, 1.165) is 11.3 Å². The second-order valence-electron chi connectivity index (χ2n) is 6.28. The van der Waals surface area contributed by atoms with E-state index in [-0.39, 0.29) is 16.7 Å². The maximum atomic E-state index is 11.2.